The number of hydrogen-bond donors (Lipinski definition) is 0. The van der Waals surface area contributed by atoms with Crippen LogP contribution in [0.2, 0.25) is 0 Å². The highest BCUT2D eigenvalue weighted by Gasteiger charge is 2.50. The second kappa shape index (κ2) is 1.39. The third-order valence-corrected chi connectivity index (χ3v) is 2.71. The van der Waals surface area contributed by atoms with E-state index in [4.69, 9.17) is 0 Å². The monoisotopic (exact) mass is 124 g/mol. The molecule has 2 rings (SSSR count). The van der Waals surface area contributed by atoms with Crippen molar-refractivity contribution in [1.29, 1.82) is 0 Å². The summed E-state index contributed by atoms with van der Waals surface area (Å²) >= 11 is 0. The minimum Gasteiger partial charge on any atom is -0.300 e. The fourth-order valence-corrected chi connectivity index (χ4v) is 2.49. The zero-order valence-electron chi connectivity index (χ0n) is 5.81. The van der Waals surface area contributed by atoms with Crippen LogP contribution < -0.4 is 0 Å². The van der Waals surface area contributed by atoms with Gasteiger partial charge in [0, 0.05) is 12.8 Å². The van der Waals surface area contributed by atoms with Gasteiger partial charge in [-0.25, -0.2) is 0 Å². The van der Waals surface area contributed by atoms with Crippen molar-refractivity contribution in [3.05, 3.63) is 0 Å². The van der Waals surface area contributed by atoms with Gasteiger partial charge in [0.2, 0.25) is 0 Å². The van der Waals surface area contributed by atoms with Gasteiger partial charge in [-0.15, -0.1) is 0 Å². The van der Waals surface area contributed by atoms with Crippen molar-refractivity contribution < 1.29 is 4.79 Å². The first-order valence-corrected chi connectivity index (χ1v) is 3.72. The van der Waals surface area contributed by atoms with Crippen molar-refractivity contribution in [2.24, 2.45) is 11.3 Å². The molecule has 2 aliphatic carbocycles. The molecule has 2 fully saturated rings. The molecule has 0 radical (unpaired) electrons. The Labute approximate surface area is 55.4 Å². The van der Waals surface area contributed by atoms with E-state index in [0.717, 1.165) is 18.8 Å². The average Bonchev–Trinajstić information content (AvgIpc) is 1.58. The summed E-state index contributed by atoms with van der Waals surface area (Å²) in [5.74, 6) is 1.39. The van der Waals surface area contributed by atoms with Gasteiger partial charge >= 0.3 is 0 Å². The van der Waals surface area contributed by atoms with Crippen molar-refractivity contribution in [2.75, 3.05) is 0 Å². The minimum atomic E-state index is 0.488. The van der Waals surface area contributed by atoms with Gasteiger partial charge in [0.1, 0.15) is 5.78 Å². The molecule has 0 aromatic heterocycles. The van der Waals surface area contributed by atoms with Crippen molar-refractivity contribution in [1.82, 2.24) is 0 Å². The molecule has 0 atom stereocenters. The van der Waals surface area contributed by atoms with Crippen LogP contribution in [0.15, 0.2) is 0 Å². The van der Waals surface area contributed by atoms with E-state index >= 15 is 0 Å². The summed E-state index contributed by atoms with van der Waals surface area (Å²) in [4.78, 5) is 10.6. The zero-order chi connectivity index (χ0) is 6.48. The first kappa shape index (κ1) is 5.45. The Bertz CT molecular complexity index is 144. The van der Waals surface area contributed by atoms with Gasteiger partial charge in [0.15, 0.2) is 0 Å². The maximum Gasteiger partial charge on any atom is 0.134 e. The first-order chi connectivity index (χ1) is 4.20. The SMILES string of the molecule is CC1CC2(CC(=O)C2)C1. The molecule has 0 unspecified atom stereocenters. The van der Waals surface area contributed by atoms with Crippen LogP contribution in [0, 0.1) is 11.3 Å². The Morgan fingerprint density at radius 2 is 2.00 bits per heavy atom. The molecule has 0 saturated heterocycles. The number of hydrogen-bond acceptors (Lipinski definition) is 1. The average molecular weight is 124 g/mol. The number of rotatable bonds is 0. The summed E-state index contributed by atoms with van der Waals surface area (Å²) in [5.41, 5.74) is 0.538. The Morgan fingerprint density at radius 3 is 2.33 bits per heavy atom. The molecule has 0 heterocycles. The molecule has 1 heteroatoms. The van der Waals surface area contributed by atoms with Crippen molar-refractivity contribution >= 4 is 5.78 Å². The van der Waals surface area contributed by atoms with E-state index in [-0.39, 0.29) is 0 Å². The molecule has 1 nitrogen and oxygen atoms in total. The zero-order valence-corrected chi connectivity index (χ0v) is 5.81. The lowest BCUT2D eigenvalue weighted by molar-refractivity contribution is -0.141. The van der Waals surface area contributed by atoms with Crippen LogP contribution in [0.1, 0.15) is 32.6 Å². The Kier molecular flexibility index (Phi) is 0.842. The molecular weight excluding hydrogens is 112 g/mol. The molecule has 1 spiro atoms. The molecular formula is C8H12O. The molecule has 50 valence electrons. The highest BCUT2D eigenvalue weighted by Crippen LogP contribution is 2.56. The maximum atomic E-state index is 10.6. The van der Waals surface area contributed by atoms with Crippen LogP contribution >= 0.6 is 0 Å². The Hall–Kier alpha value is -0.330. The van der Waals surface area contributed by atoms with Crippen LogP contribution in [0.25, 0.3) is 0 Å². The third-order valence-electron chi connectivity index (χ3n) is 2.71. The molecule has 9 heavy (non-hydrogen) atoms. The summed E-state index contributed by atoms with van der Waals surface area (Å²) in [5, 5.41) is 0. The van der Waals surface area contributed by atoms with Gasteiger partial charge < -0.3 is 0 Å². The molecule has 2 saturated carbocycles. The van der Waals surface area contributed by atoms with Crippen molar-refractivity contribution in [3.8, 4) is 0 Å². The summed E-state index contributed by atoms with van der Waals surface area (Å²) in [6.45, 7) is 2.27. The molecule has 0 aromatic carbocycles. The summed E-state index contributed by atoms with van der Waals surface area (Å²) in [6, 6.07) is 0. The predicted octanol–water partition coefficient (Wildman–Crippen LogP) is 1.77. The highest BCUT2D eigenvalue weighted by molar-refractivity contribution is 5.86. The smallest absolute Gasteiger partial charge is 0.134 e. The van der Waals surface area contributed by atoms with Crippen LogP contribution in [-0.4, -0.2) is 5.78 Å². The molecule has 0 amide bonds. The van der Waals surface area contributed by atoms with Crippen molar-refractivity contribution in [2.45, 2.75) is 32.6 Å². The van der Waals surface area contributed by atoms with E-state index in [9.17, 15) is 4.79 Å². The standard InChI is InChI=1S/C8H12O/c1-6-2-8(3-6)4-7(9)5-8/h6H,2-5H2,1H3. The van der Waals surface area contributed by atoms with Crippen molar-refractivity contribution in [3.63, 3.8) is 0 Å². The molecule has 0 N–H and O–H groups in total. The molecule has 0 aliphatic heterocycles. The fourth-order valence-electron chi connectivity index (χ4n) is 2.49. The van der Waals surface area contributed by atoms with E-state index in [2.05, 4.69) is 6.92 Å². The van der Waals surface area contributed by atoms with E-state index < -0.39 is 0 Å². The number of carbonyl (C=O) groups excluding carboxylic acids is 1. The second-order valence-electron chi connectivity index (χ2n) is 3.91. The Morgan fingerprint density at radius 1 is 1.44 bits per heavy atom. The van der Waals surface area contributed by atoms with Gasteiger partial charge in [0.25, 0.3) is 0 Å². The summed E-state index contributed by atoms with van der Waals surface area (Å²) in [7, 11) is 0. The number of carbonyl (C=O) groups is 1. The number of ketones is 1. The van der Waals surface area contributed by atoms with E-state index in [1.165, 1.54) is 12.8 Å². The van der Waals surface area contributed by atoms with Crippen LogP contribution in [0.4, 0.5) is 0 Å². The van der Waals surface area contributed by atoms with Gasteiger partial charge in [0.05, 0.1) is 0 Å². The van der Waals surface area contributed by atoms with Crippen LogP contribution in [0.3, 0.4) is 0 Å². The van der Waals surface area contributed by atoms with E-state index in [0.29, 0.717) is 11.2 Å². The first-order valence-electron chi connectivity index (χ1n) is 3.72. The lowest BCUT2D eigenvalue weighted by Crippen LogP contribution is -2.46. The van der Waals surface area contributed by atoms with Gasteiger partial charge in [-0.1, -0.05) is 6.92 Å². The molecule has 2 aliphatic rings. The largest absolute Gasteiger partial charge is 0.300 e. The maximum absolute atomic E-state index is 10.6. The third kappa shape index (κ3) is 0.637. The van der Waals surface area contributed by atoms with Gasteiger partial charge in [-0.05, 0) is 24.2 Å². The van der Waals surface area contributed by atoms with Gasteiger partial charge in [-0.3, -0.25) is 4.79 Å². The lowest BCUT2D eigenvalue weighted by Gasteiger charge is -2.52. The van der Waals surface area contributed by atoms with E-state index in [1.54, 1.807) is 0 Å². The highest BCUT2D eigenvalue weighted by atomic mass is 16.1. The molecule has 0 bridgehead atoms. The van der Waals surface area contributed by atoms with Gasteiger partial charge in [-0.2, -0.15) is 0 Å². The van der Waals surface area contributed by atoms with Crippen LogP contribution in [-0.2, 0) is 4.79 Å². The quantitative estimate of drug-likeness (QED) is 0.481. The topological polar surface area (TPSA) is 17.1 Å². The van der Waals surface area contributed by atoms with Crippen LogP contribution in [0.5, 0.6) is 0 Å². The predicted molar refractivity (Wildman–Crippen MR) is 35.1 cm³/mol. The lowest BCUT2D eigenvalue weighted by atomic mass is 9.52. The Balaban J connectivity index is 1.94. The summed E-state index contributed by atoms with van der Waals surface area (Å²) < 4.78 is 0. The number of Topliss-reactive ketones (excluding diaryl/α,β-unsaturated/α-hetero) is 1. The fraction of sp³-hybridized carbons (Fsp3) is 0.875. The molecule has 0 aromatic rings. The minimum absolute atomic E-state index is 0.488. The summed E-state index contributed by atoms with van der Waals surface area (Å²) in [6.07, 6.45) is 4.44. The normalized spacial score (nSPS) is 31.9. The van der Waals surface area contributed by atoms with E-state index in [1.807, 2.05) is 0 Å². The second-order valence-corrected chi connectivity index (χ2v) is 3.91.